The molecule has 0 bridgehead atoms. The van der Waals surface area contributed by atoms with Crippen molar-refractivity contribution < 1.29 is 14.3 Å². The number of carbonyl (C=O) groups is 1. The fraction of sp³-hybridized carbons (Fsp3) is 0.458. The molecular weight excluding hydrogens is 350 g/mol. The van der Waals surface area contributed by atoms with Gasteiger partial charge in [-0.15, -0.1) is 0 Å². The third kappa shape index (κ3) is 5.75. The molecule has 0 saturated carbocycles. The van der Waals surface area contributed by atoms with Crippen LogP contribution in [-0.2, 0) is 11.2 Å². The smallest absolute Gasteiger partial charge is 0.412 e. The summed E-state index contributed by atoms with van der Waals surface area (Å²) < 4.78 is 10.8. The van der Waals surface area contributed by atoms with Crippen molar-refractivity contribution >= 4 is 11.8 Å². The molecule has 0 radical (unpaired) electrons. The molecule has 0 heterocycles. The van der Waals surface area contributed by atoms with E-state index in [1.165, 1.54) is 16.7 Å². The number of ether oxygens (including phenoxy) is 2. The molecule has 0 saturated heterocycles. The van der Waals surface area contributed by atoms with Crippen LogP contribution in [0.5, 0.6) is 5.75 Å². The molecule has 152 valence electrons. The molecule has 0 unspecified atom stereocenters. The summed E-state index contributed by atoms with van der Waals surface area (Å²) in [5.41, 5.74) is 6.28. The number of methoxy groups -OCH3 is 1. The highest BCUT2D eigenvalue weighted by Crippen LogP contribution is 2.30. The minimum absolute atomic E-state index is 0.400. The molecule has 28 heavy (non-hydrogen) atoms. The number of amides is 1. The minimum Gasteiger partial charge on any atom is -0.496 e. The molecule has 1 N–H and O–H groups in total. The van der Waals surface area contributed by atoms with Crippen molar-refractivity contribution in [2.45, 2.75) is 66.4 Å². The number of benzene rings is 2. The zero-order valence-electron chi connectivity index (χ0n) is 18.4. The van der Waals surface area contributed by atoms with Crippen molar-refractivity contribution in [3.05, 3.63) is 58.1 Å². The summed E-state index contributed by atoms with van der Waals surface area (Å²) in [6, 6.07) is 10.4. The van der Waals surface area contributed by atoms with Crippen LogP contribution in [-0.4, -0.2) is 18.8 Å². The summed E-state index contributed by atoms with van der Waals surface area (Å²) in [5, 5.41) is 2.83. The first-order chi connectivity index (χ1) is 13.0. The monoisotopic (exact) mass is 383 g/mol. The maximum atomic E-state index is 12.0. The molecule has 0 spiro atoms. The summed E-state index contributed by atoms with van der Waals surface area (Å²) in [6.07, 6.45) is 0.407. The van der Waals surface area contributed by atoms with E-state index >= 15 is 0 Å². The first-order valence-electron chi connectivity index (χ1n) is 9.77. The first-order valence-corrected chi connectivity index (χ1v) is 9.77. The van der Waals surface area contributed by atoms with Crippen molar-refractivity contribution in [2.75, 3.05) is 12.4 Å². The van der Waals surface area contributed by atoms with Gasteiger partial charge in [-0.25, -0.2) is 4.79 Å². The molecule has 0 atom stereocenters. The van der Waals surface area contributed by atoms with Crippen LogP contribution in [0.25, 0.3) is 0 Å². The fourth-order valence-corrected chi connectivity index (χ4v) is 3.31. The topological polar surface area (TPSA) is 47.6 Å². The number of carbonyl (C=O) groups excluding carboxylic acids is 1. The zero-order chi connectivity index (χ0) is 21.1. The van der Waals surface area contributed by atoms with Crippen molar-refractivity contribution in [1.82, 2.24) is 0 Å². The highest BCUT2D eigenvalue weighted by atomic mass is 16.6. The van der Waals surface area contributed by atoms with Crippen molar-refractivity contribution in [1.29, 1.82) is 0 Å². The van der Waals surface area contributed by atoms with E-state index < -0.39 is 11.7 Å². The van der Waals surface area contributed by atoms with Gasteiger partial charge in [0, 0.05) is 5.69 Å². The normalized spacial score (nSPS) is 11.5. The van der Waals surface area contributed by atoms with Crippen LogP contribution in [0.4, 0.5) is 10.5 Å². The average molecular weight is 384 g/mol. The fourth-order valence-electron chi connectivity index (χ4n) is 3.31. The van der Waals surface area contributed by atoms with Gasteiger partial charge in [0.2, 0.25) is 0 Å². The lowest BCUT2D eigenvalue weighted by molar-refractivity contribution is 0.0636. The lowest BCUT2D eigenvalue weighted by atomic mass is 9.92. The summed E-state index contributed by atoms with van der Waals surface area (Å²) >= 11 is 0. The van der Waals surface area contributed by atoms with Gasteiger partial charge in [-0.1, -0.05) is 26.0 Å². The van der Waals surface area contributed by atoms with Crippen LogP contribution in [0, 0.1) is 13.8 Å². The third-order valence-electron chi connectivity index (χ3n) is 4.64. The molecule has 0 aliphatic carbocycles. The first kappa shape index (κ1) is 21.8. The number of anilines is 1. The average Bonchev–Trinajstić information content (AvgIpc) is 2.56. The number of aryl methyl sites for hydroxylation is 2. The van der Waals surface area contributed by atoms with E-state index in [1.807, 2.05) is 39.0 Å². The van der Waals surface area contributed by atoms with E-state index in [0.717, 1.165) is 29.0 Å². The van der Waals surface area contributed by atoms with Crippen LogP contribution in [0.1, 0.15) is 68.4 Å². The SMILES string of the molecule is COc1ccc(Cc2c(C)cc(NC(=O)OC(C)(C)C)cc2C)cc1C(C)C. The van der Waals surface area contributed by atoms with Crippen LogP contribution in [0.3, 0.4) is 0 Å². The van der Waals surface area contributed by atoms with Crippen LogP contribution >= 0.6 is 0 Å². The third-order valence-corrected chi connectivity index (χ3v) is 4.64. The van der Waals surface area contributed by atoms with Gasteiger partial charge in [0.15, 0.2) is 0 Å². The zero-order valence-corrected chi connectivity index (χ0v) is 18.4. The number of nitrogens with one attached hydrogen (secondary N) is 1. The molecule has 4 heteroatoms. The molecule has 0 aliphatic rings. The van der Waals surface area contributed by atoms with Gasteiger partial charge >= 0.3 is 6.09 Å². The Labute approximate surface area is 169 Å². The minimum atomic E-state index is -0.517. The van der Waals surface area contributed by atoms with Gasteiger partial charge < -0.3 is 9.47 Å². The lowest BCUT2D eigenvalue weighted by Gasteiger charge is -2.20. The number of hydrogen-bond acceptors (Lipinski definition) is 3. The Bertz CT molecular complexity index is 824. The quantitative estimate of drug-likeness (QED) is 0.652. The molecule has 2 aromatic rings. The van der Waals surface area contributed by atoms with Gasteiger partial charge in [0.1, 0.15) is 11.4 Å². The second kappa shape index (κ2) is 8.68. The molecule has 0 fully saturated rings. The van der Waals surface area contributed by atoms with E-state index in [1.54, 1.807) is 7.11 Å². The summed E-state index contributed by atoms with van der Waals surface area (Å²) in [4.78, 5) is 12.0. The van der Waals surface area contributed by atoms with Crippen LogP contribution in [0.2, 0.25) is 0 Å². The van der Waals surface area contributed by atoms with Gasteiger partial charge in [-0.3, -0.25) is 5.32 Å². The Morgan fingerprint density at radius 1 is 1.07 bits per heavy atom. The molecule has 0 aromatic heterocycles. The summed E-state index contributed by atoms with van der Waals surface area (Å²) in [6.45, 7) is 14.1. The maximum absolute atomic E-state index is 12.0. The van der Waals surface area contributed by atoms with E-state index in [-0.39, 0.29) is 0 Å². The summed E-state index contributed by atoms with van der Waals surface area (Å²) in [5.74, 6) is 1.33. The second-order valence-corrected chi connectivity index (χ2v) is 8.62. The van der Waals surface area contributed by atoms with Gasteiger partial charge in [-0.2, -0.15) is 0 Å². The highest BCUT2D eigenvalue weighted by molar-refractivity contribution is 5.85. The second-order valence-electron chi connectivity index (χ2n) is 8.62. The van der Waals surface area contributed by atoms with Crippen LogP contribution < -0.4 is 10.1 Å². The van der Waals surface area contributed by atoms with Crippen molar-refractivity contribution in [3.8, 4) is 5.75 Å². The Balaban J connectivity index is 2.24. The Morgan fingerprint density at radius 3 is 2.18 bits per heavy atom. The molecule has 2 rings (SSSR count). The van der Waals surface area contributed by atoms with Gasteiger partial charge in [0.05, 0.1) is 7.11 Å². The maximum Gasteiger partial charge on any atom is 0.412 e. The van der Waals surface area contributed by atoms with Gasteiger partial charge in [-0.05, 0) is 93.0 Å². The Kier molecular flexibility index (Phi) is 6.76. The van der Waals surface area contributed by atoms with Gasteiger partial charge in [0.25, 0.3) is 0 Å². The number of hydrogen-bond donors (Lipinski definition) is 1. The summed E-state index contributed by atoms with van der Waals surface area (Å²) in [7, 11) is 1.71. The molecular formula is C24H33NO3. The standard InChI is InChI=1S/C24H33NO3/c1-15(2)20-13-18(9-10-22(20)27-8)14-21-16(3)11-19(12-17(21)4)25-23(26)28-24(5,6)7/h9-13,15H,14H2,1-8H3,(H,25,26). The predicted molar refractivity (Wildman–Crippen MR) is 116 cm³/mol. The number of rotatable bonds is 5. The van der Waals surface area contributed by atoms with E-state index in [4.69, 9.17) is 9.47 Å². The molecule has 0 aliphatic heterocycles. The van der Waals surface area contributed by atoms with Crippen molar-refractivity contribution in [2.24, 2.45) is 0 Å². The predicted octanol–water partition coefficient (Wildman–Crippen LogP) is 6.37. The highest BCUT2D eigenvalue weighted by Gasteiger charge is 2.17. The Hall–Kier alpha value is -2.49. The van der Waals surface area contributed by atoms with E-state index in [0.29, 0.717) is 5.92 Å². The van der Waals surface area contributed by atoms with E-state index in [9.17, 15) is 4.79 Å². The van der Waals surface area contributed by atoms with E-state index in [2.05, 4.69) is 45.1 Å². The molecule has 2 aromatic carbocycles. The Morgan fingerprint density at radius 2 is 1.68 bits per heavy atom. The van der Waals surface area contributed by atoms with Crippen LogP contribution in [0.15, 0.2) is 30.3 Å². The largest absolute Gasteiger partial charge is 0.496 e. The lowest BCUT2D eigenvalue weighted by Crippen LogP contribution is -2.27. The molecule has 1 amide bonds. The molecule has 4 nitrogen and oxygen atoms in total. The van der Waals surface area contributed by atoms with Crippen molar-refractivity contribution in [3.63, 3.8) is 0 Å².